The van der Waals surface area contributed by atoms with Crippen molar-refractivity contribution < 1.29 is 9.59 Å². The van der Waals surface area contributed by atoms with E-state index in [0.717, 1.165) is 48.2 Å². The Bertz CT molecular complexity index is 1040. The second-order valence-corrected chi connectivity index (χ2v) is 8.31. The summed E-state index contributed by atoms with van der Waals surface area (Å²) in [6, 6.07) is 16.2. The predicted molar refractivity (Wildman–Crippen MR) is 132 cm³/mol. The Kier molecular flexibility index (Phi) is 8.70. The fraction of sp³-hybridized carbons (Fsp3) is 0.333. The number of aryl methyl sites for hydroxylation is 2. The first-order chi connectivity index (χ1) is 16.0. The summed E-state index contributed by atoms with van der Waals surface area (Å²) < 4.78 is 0. The van der Waals surface area contributed by atoms with Crippen LogP contribution in [0.1, 0.15) is 60.5 Å². The van der Waals surface area contributed by atoms with Crippen LogP contribution in [-0.4, -0.2) is 28.2 Å². The van der Waals surface area contributed by atoms with Gasteiger partial charge >= 0.3 is 0 Å². The lowest BCUT2D eigenvalue weighted by molar-refractivity contribution is -0.117. The van der Waals surface area contributed by atoms with Crippen LogP contribution >= 0.6 is 0 Å². The number of unbranched alkanes of at least 4 members (excludes halogenated alkanes) is 3. The van der Waals surface area contributed by atoms with Crippen LogP contribution in [0.3, 0.4) is 0 Å². The van der Waals surface area contributed by atoms with Crippen LogP contribution in [0.2, 0.25) is 0 Å². The highest BCUT2D eigenvalue weighted by Gasteiger charge is 2.19. The number of rotatable bonds is 11. The van der Waals surface area contributed by atoms with Gasteiger partial charge in [0.15, 0.2) is 0 Å². The number of Topliss-reactive ketones (excluding diaryl/α,β-unsaturated/α-hetero) is 1. The Labute approximate surface area is 196 Å². The highest BCUT2D eigenvalue weighted by atomic mass is 16.1. The van der Waals surface area contributed by atoms with Gasteiger partial charge in [0, 0.05) is 31.0 Å². The van der Waals surface area contributed by atoms with E-state index in [-0.39, 0.29) is 11.7 Å². The third-order valence-corrected chi connectivity index (χ3v) is 5.52. The molecule has 0 spiro atoms. The fourth-order valence-corrected chi connectivity index (χ4v) is 3.79. The van der Waals surface area contributed by atoms with Gasteiger partial charge in [-0.05, 0) is 56.9 Å². The second-order valence-electron chi connectivity index (χ2n) is 8.31. The SMILES string of the molecule is CC(=O)CCCCCCNC(=O)c1cnc(N(c2ccccc2)c2c(C)cccc2C)nc1. The molecule has 0 atom stereocenters. The summed E-state index contributed by atoms with van der Waals surface area (Å²) in [5, 5.41) is 2.93. The first kappa shape index (κ1) is 24.1. The summed E-state index contributed by atoms with van der Waals surface area (Å²) in [5.41, 5.74) is 4.66. The number of nitrogens with one attached hydrogen (secondary N) is 1. The van der Waals surface area contributed by atoms with Crippen LogP contribution in [0.4, 0.5) is 17.3 Å². The lowest BCUT2D eigenvalue weighted by atomic mass is 10.1. The van der Waals surface area contributed by atoms with Crippen molar-refractivity contribution in [1.29, 1.82) is 0 Å². The molecule has 1 aromatic heterocycles. The standard InChI is InChI=1S/C27H32N4O2/c1-20-12-11-13-21(2)25(20)31(24-15-8-6-9-16-24)27-29-18-23(19-30-27)26(33)28-17-10-5-4-7-14-22(3)32/h6,8-9,11-13,15-16,18-19H,4-5,7,10,14,17H2,1-3H3,(H,28,33). The van der Waals surface area contributed by atoms with Crippen molar-refractivity contribution in [2.45, 2.75) is 52.9 Å². The van der Waals surface area contributed by atoms with E-state index in [0.29, 0.717) is 24.5 Å². The van der Waals surface area contributed by atoms with E-state index in [1.54, 1.807) is 19.3 Å². The normalized spacial score (nSPS) is 10.6. The highest BCUT2D eigenvalue weighted by Crippen LogP contribution is 2.36. The molecule has 0 saturated carbocycles. The Balaban J connectivity index is 1.68. The molecular formula is C27H32N4O2. The molecule has 0 aliphatic heterocycles. The lowest BCUT2D eigenvalue weighted by Gasteiger charge is -2.26. The van der Waals surface area contributed by atoms with Gasteiger partial charge in [-0.3, -0.25) is 9.69 Å². The second kappa shape index (κ2) is 11.9. The predicted octanol–water partition coefficient (Wildman–Crippen LogP) is 5.83. The van der Waals surface area contributed by atoms with E-state index >= 15 is 0 Å². The molecule has 6 heteroatoms. The average molecular weight is 445 g/mol. The van der Waals surface area contributed by atoms with E-state index in [2.05, 4.69) is 41.3 Å². The Morgan fingerprint density at radius 3 is 2.12 bits per heavy atom. The number of ketones is 1. The summed E-state index contributed by atoms with van der Waals surface area (Å²) in [7, 11) is 0. The van der Waals surface area contributed by atoms with Crippen LogP contribution in [0.25, 0.3) is 0 Å². The van der Waals surface area contributed by atoms with E-state index in [9.17, 15) is 9.59 Å². The van der Waals surface area contributed by atoms with Gasteiger partial charge in [0.1, 0.15) is 5.78 Å². The average Bonchev–Trinajstić information content (AvgIpc) is 2.81. The minimum absolute atomic E-state index is 0.177. The smallest absolute Gasteiger partial charge is 0.254 e. The number of hydrogen-bond acceptors (Lipinski definition) is 5. The first-order valence-corrected chi connectivity index (χ1v) is 11.5. The number of anilines is 3. The number of aromatic nitrogens is 2. The summed E-state index contributed by atoms with van der Waals surface area (Å²) in [6.45, 7) is 6.36. The van der Waals surface area contributed by atoms with Gasteiger partial charge in [0.2, 0.25) is 5.95 Å². The zero-order valence-electron chi connectivity index (χ0n) is 19.7. The zero-order valence-corrected chi connectivity index (χ0v) is 19.7. The number of para-hydroxylation sites is 2. The molecule has 0 saturated heterocycles. The van der Waals surface area contributed by atoms with E-state index in [1.165, 1.54) is 0 Å². The van der Waals surface area contributed by atoms with Gasteiger partial charge in [-0.25, -0.2) is 9.97 Å². The molecule has 0 unspecified atom stereocenters. The Morgan fingerprint density at radius 2 is 1.48 bits per heavy atom. The molecule has 0 bridgehead atoms. The number of benzene rings is 2. The maximum absolute atomic E-state index is 12.5. The van der Waals surface area contributed by atoms with E-state index in [4.69, 9.17) is 0 Å². The van der Waals surface area contributed by atoms with Gasteiger partial charge in [-0.2, -0.15) is 0 Å². The van der Waals surface area contributed by atoms with Gasteiger partial charge in [-0.15, -0.1) is 0 Å². The third kappa shape index (κ3) is 6.72. The number of nitrogens with zero attached hydrogens (tertiary/aromatic N) is 3. The van der Waals surface area contributed by atoms with Crippen molar-refractivity contribution >= 4 is 29.0 Å². The maximum Gasteiger partial charge on any atom is 0.254 e. The topological polar surface area (TPSA) is 75.2 Å². The summed E-state index contributed by atoms with van der Waals surface area (Å²) in [5.74, 6) is 0.569. The molecule has 2 aromatic carbocycles. The summed E-state index contributed by atoms with van der Waals surface area (Å²) >= 11 is 0. The van der Waals surface area contributed by atoms with Crippen molar-refractivity contribution in [3.8, 4) is 0 Å². The van der Waals surface area contributed by atoms with Crippen molar-refractivity contribution in [3.05, 3.63) is 77.6 Å². The van der Waals surface area contributed by atoms with Gasteiger partial charge in [0.25, 0.3) is 5.91 Å². The number of hydrogen-bond donors (Lipinski definition) is 1. The van der Waals surface area contributed by atoms with Gasteiger partial charge in [0.05, 0.1) is 11.3 Å². The fourth-order valence-electron chi connectivity index (χ4n) is 3.79. The number of amides is 1. The van der Waals surface area contributed by atoms with Crippen molar-refractivity contribution in [3.63, 3.8) is 0 Å². The van der Waals surface area contributed by atoms with Crippen LogP contribution in [0.5, 0.6) is 0 Å². The van der Waals surface area contributed by atoms with Crippen LogP contribution in [0.15, 0.2) is 60.9 Å². The molecule has 0 aliphatic rings. The molecule has 1 amide bonds. The molecule has 3 aromatic rings. The summed E-state index contributed by atoms with van der Waals surface area (Å²) in [6.07, 6.45) is 7.58. The van der Waals surface area contributed by atoms with Crippen LogP contribution in [0, 0.1) is 13.8 Å². The molecule has 0 fully saturated rings. The van der Waals surface area contributed by atoms with Crippen LogP contribution in [-0.2, 0) is 4.79 Å². The molecule has 0 radical (unpaired) electrons. The van der Waals surface area contributed by atoms with Crippen molar-refractivity contribution in [2.75, 3.05) is 11.4 Å². The van der Waals surface area contributed by atoms with Gasteiger partial charge in [-0.1, -0.05) is 49.2 Å². The minimum atomic E-state index is -0.177. The van der Waals surface area contributed by atoms with Crippen molar-refractivity contribution in [2.24, 2.45) is 0 Å². The van der Waals surface area contributed by atoms with Gasteiger partial charge < -0.3 is 10.1 Å². The third-order valence-electron chi connectivity index (χ3n) is 5.52. The number of carbonyl (C=O) groups excluding carboxylic acids is 2. The Hall–Kier alpha value is -3.54. The molecule has 172 valence electrons. The largest absolute Gasteiger partial charge is 0.352 e. The van der Waals surface area contributed by atoms with Crippen LogP contribution < -0.4 is 10.2 Å². The van der Waals surface area contributed by atoms with E-state index in [1.807, 2.05) is 41.3 Å². The molecular weight excluding hydrogens is 412 g/mol. The molecule has 6 nitrogen and oxygen atoms in total. The van der Waals surface area contributed by atoms with Crippen molar-refractivity contribution in [1.82, 2.24) is 15.3 Å². The summed E-state index contributed by atoms with van der Waals surface area (Å²) in [4.78, 5) is 34.6. The maximum atomic E-state index is 12.5. The molecule has 0 aliphatic carbocycles. The molecule has 1 N–H and O–H groups in total. The molecule has 1 heterocycles. The zero-order chi connectivity index (χ0) is 23.6. The first-order valence-electron chi connectivity index (χ1n) is 11.5. The minimum Gasteiger partial charge on any atom is -0.352 e. The number of carbonyl (C=O) groups is 2. The quantitative estimate of drug-likeness (QED) is 0.377. The molecule has 3 rings (SSSR count). The highest BCUT2D eigenvalue weighted by molar-refractivity contribution is 5.93. The lowest BCUT2D eigenvalue weighted by Crippen LogP contribution is -2.25. The molecule has 33 heavy (non-hydrogen) atoms. The monoisotopic (exact) mass is 444 g/mol. The Morgan fingerprint density at radius 1 is 0.848 bits per heavy atom. The van der Waals surface area contributed by atoms with E-state index < -0.39 is 0 Å².